The van der Waals surface area contributed by atoms with Crippen LogP contribution in [0, 0.1) is 6.20 Å². The Kier molecular flexibility index (Phi) is 1.55. The van der Waals surface area contributed by atoms with Crippen LogP contribution in [-0.4, -0.2) is 9.61 Å². The molecular weight excluding hydrogens is 181 g/mol. The molecule has 2 aromatic rings. The number of hydrogen-bond acceptors (Lipinski definition) is 1. The molecule has 2 heterocycles. The lowest BCUT2D eigenvalue weighted by atomic mass is 10.3. The third-order valence-corrected chi connectivity index (χ3v) is 1.65. The van der Waals surface area contributed by atoms with Crippen molar-refractivity contribution in [1.29, 1.82) is 0 Å². The molecule has 0 atom stereocenters. The third-order valence-electron chi connectivity index (χ3n) is 1.65. The number of hydrogen-bond donors (Lipinski definition) is 0. The number of rotatable bonds is 0. The molecule has 1 radical (unpaired) electrons. The van der Waals surface area contributed by atoms with Crippen molar-refractivity contribution in [3.8, 4) is 0 Å². The number of alkyl halides is 3. The van der Waals surface area contributed by atoms with Gasteiger partial charge in [-0.25, -0.2) is 4.52 Å². The van der Waals surface area contributed by atoms with Crippen molar-refractivity contribution in [2.45, 2.75) is 6.18 Å². The molecular formula is C8H4F3N2. The van der Waals surface area contributed by atoms with Gasteiger partial charge in [-0.3, -0.25) is 0 Å². The Morgan fingerprint density at radius 2 is 2.08 bits per heavy atom. The van der Waals surface area contributed by atoms with Gasteiger partial charge in [0.1, 0.15) is 11.9 Å². The van der Waals surface area contributed by atoms with Crippen molar-refractivity contribution in [2.75, 3.05) is 0 Å². The van der Waals surface area contributed by atoms with E-state index in [-0.39, 0.29) is 0 Å². The van der Waals surface area contributed by atoms with Crippen LogP contribution >= 0.6 is 0 Å². The van der Waals surface area contributed by atoms with Gasteiger partial charge in [0.15, 0.2) is 0 Å². The van der Waals surface area contributed by atoms with Crippen LogP contribution in [0.15, 0.2) is 24.3 Å². The summed E-state index contributed by atoms with van der Waals surface area (Å²) >= 11 is 0. The average Bonchev–Trinajstić information content (AvgIpc) is 2.48. The first-order valence-electron chi connectivity index (χ1n) is 3.51. The maximum absolute atomic E-state index is 12.3. The van der Waals surface area contributed by atoms with E-state index in [0.29, 0.717) is 5.52 Å². The number of aromatic nitrogens is 2. The van der Waals surface area contributed by atoms with Gasteiger partial charge in [-0.2, -0.15) is 18.3 Å². The largest absolute Gasteiger partial charge is 0.433 e. The summed E-state index contributed by atoms with van der Waals surface area (Å²) in [4.78, 5) is 0. The summed E-state index contributed by atoms with van der Waals surface area (Å²) < 4.78 is 37.8. The summed E-state index contributed by atoms with van der Waals surface area (Å²) in [6.07, 6.45) is -2.01. The molecule has 0 N–H and O–H groups in total. The van der Waals surface area contributed by atoms with E-state index in [1.54, 1.807) is 6.07 Å². The zero-order valence-electron chi connectivity index (χ0n) is 6.34. The Labute approximate surface area is 71.6 Å². The zero-order chi connectivity index (χ0) is 9.47. The molecule has 2 rings (SSSR count). The number of pyridine rings is 1. The Balaban J connectivity index is 2.75. The van der Waals surface area contributed by atoms with E-state index < -0.39 is 11.9 Å². The van der Waals surface area contributed by atoms with Crippen molar-refractivity contribution in [3.05, 3.63) is 36.2 Å². The fourth-order valence-electron chi connectivity index (χ4n) is 1.11. The van der Waals surface area contributed by atoms with Crippen LogP contribution < -0.4 is 0 Å². The maximum Gasteiger partial charge on any atom is 0.433 e. The van der Waals surface area contributed by atoms with Gasteiger partial charge in [0.05, 0.1) is 5.52 Å². The van der Waals surface area contributed by atoms with E-state index in [1.165, 1.54) is 12.1 Å². The highest BCUT2D eigenvalue weighted by molar-refractivity contribution is 5.46. The molecule has 0 aromatic carbocycles. The monoisotopic (exact) mass is 185 g/mol. The van der Waals surface area contributed by atoms with Crippen LogP contribution in [-0.2, 0) is 6.18 Å². The van der Waals surface area contributed by atoms with Crippen LogP contribution in [0.3, 0.4) is 0 Å². The Bertz CT molecular complexity index is 430. The molecule has 2 nitrogen and oxygen atoms in total. The smallest absolute Gasteiger partial charge is 0.228 e. The van der Waals surface area contributed by atoms with Crippen molar-refractivity contribution in [1.82, 2.24) is 9.61 Å². The van der Waals surface area contributed by atoms with Crippen molar-refractivity contribution >= 4 is 5.52 Å². The highest BCUT2D eigenvalue weighted by Gasteiger charge is 2.33. The van der Waals surface area contributed by atoms with Gasteiger partial charge in [0, 0.05) is 0 Å². The van der Waals surface area contributed by atoms with E-state index in [9.17, 15) is 13.2 Å². The van der Waals surface area contributed by atoms with E-state index in [4.69, 9.17) is 0 Å². The Hall–Kier alpha value is -1.52. The first kappa shape index (κ1) is 8.10. The highest BCUT2D eigenvalue weighted by atomic mass is 19.4. The minimum absolute atomic E-state index is 0.384. The summed E-state index contributed by atoms with van der Waals surface area (Å²) in [5.41, 5.74) is -0.402. The first-order valence-corrected chi connectivity index (χ1v) is 3.51. The summed E-state index contributed by atoms with van der Waals surface area (Å²) in [5, 5.41) is 3.46. The van der Waals surface area contributed by atoms with E-state index >= 15 is 0 Å². The quantitative estimate of drug-likeness (QED) is 0.614. The molecule has 0 aliphatic heterocycles. The number of halogens is 3. The lowest BCUT2D eigenvalue weighted by Gasteiger charge is -2.07. The van der Waals surface area contributed by atoms with Gasteiger partial charge in [-0.1, -0.05) is 6.07 Å². The second-order valence-electron chi connectivity index (χ2n) is 2.52. The van der Waals surface area contributed by atoms with Gasteiger partial charge >= 0.3 is 6.18 Å². The van der Waals surface area contributed by atoms with E-state index in [1.807, 2.05) is 0 Å². The molecule has 13 heavy (non-hydrogen) atoms. The molecule has 0 saturated heterocycles. The molecule has 0 aliphatic carbocycles. The van der Waals surface area contributed by atoms with E-state index in [0.717, 1.165) is 10.6 Å². The summed E-state index contributed by atoms with van der Waals surface area (Å²) in [6.45, 7) is 0. The van der Waals surface area contributed by atoms with Crippen molar-refractivity contribution in [2.24, 2.45) is 0 Å². The molecule has 0 unspecified atom stereocenters. The minimum atomic E-state index is -4.38. The summed E-state index contributed by atoms with van der Waals surface area (Å²) in [5.74, 6) is 0. The predicted octanol–water partition coefficient (Wildman–Crippen LogP) is 2.15. The summed E-state index contributed by atoms with van der Waals surface area (Å²) in [6, 6.07) is 5.26. The van der Waals surface area contributed by atoms with Gasteiger partial charge in [0.2, 0.25) is 0 Å². The van der Waals surface area contributed by atoms with Crippen LogP contribution in [0.2, 0.25) is 0 Å². The SMILES string of the molecule is FC(F)(F)c1cccc2c[c]nn12. The molecule has 0 fully saturated rings. The van der Waals surface area contributed by atoms with Gasteiger partial charge in [0.25, 0.3) is 0 Å². The predicted molar refractivity (Wildman–Crippen MR) is 39.0 cm³/mol. The second kappa shape index (κ2) is 2.48. The molecule has 67 valence electrons. The zero-order valence-corrected chi connectivity index (χ0v) is 6.34. The number of fused-ring (bicyclic) bond motifs is 1. The minimum Gasteiger partial charge on any atom is -0.228 e. The lowest BCUT2D eigenvalue weighted by Crippen LogP contribution is -2.11. The molecule has 2 aromatic heterocycles. The third kappa shape index (κ3) is 1.26. The fourth-order valence-corrected chi connectivity index (χ4v) is 1.11. The van der Waals surface area contributed by atoms with E-state index in [2.05, 4.69) is 11.3 Å². The standard InChI is InChI=1S/C8H4F3N2/c9-8(10,11)7-3-1-2-6-4-5-12-13(6)7/h1-4H. The molecule has 0 spiro atoms. The average molecular weight is 185 g/mol. The van der Waals surface area contributed by atoms with Crippen LogP contribution in [0.1, 0.15) is 5.69 Å². The summed E-state index contributed by atoms with van der Waals surface area (Å²) in [7, 11) is 0. The fraction of sp³-hybridized carbons (Fsp3) is 0.125. The molecule has 0 aliphatic rings. The first-order chi connectivity index (χ1) is 6.09. The van der Waals surface area contributed by atoms with Crippen LogP contribution in [0.25, 0.3) is 5.52 Å². The topological polar surface area (TPSA) is 17.3 Å². The van der Waals surface area contributed by atoms with Gasteiger partial charge in [-0.15, -0.1) is 0 Å². The van der Waals surface area contributed by atoms with Crippen LogP contribution in [0.4, 0.5) is 13.2 Å². The van der Waals surface area contributed by atoms with Crippen LogP contribution in [0.5, 0.6) is 0 Å². The van der Waals surface area contributed by atoms with Gasteiger partial charge < -0.3 is 0 Å². The van der Waals surface area contributed by atoms with Crippen molar-refractivity contribution < 1.29 is 13.2 Å². The second-order valence-corrected chi connectivity index (χ2v) is 2.52. The maximum atomic E-state index is 12.3. The normalized spacial score (nSPS) is 12.2. The van der Waals surface area contributed by atoms with Gasteiger partial charge in [-0.05, 0) is 18.2 Å². The molecule has 0 amide bonds. The lowest BCUT2D eigenvalue weighted by molar-refractivity contribution is -0.142. The Morgan fingerprint density at radius 3 is 2.77 bits per heavy atom. The molecule has 0 saturated carbocycles. The molecule has 0 bridgehead atoms. The highest BCUT2D eigenvalue weighted by Crippen LogP contribution is 2.28. The Morgan fingerprint density at radius 1 is 1.31 bits per heavy atom. The van der Waals surface area contributed by atoms with Crippen molar-refractivity contribution in [3.63, 3.8) is 0 Å². The number of nitrogens with zero attached hydrogens (tertiary/aromatic N) is 2. The molecule has 5 heteroatoms.